The van der Waals surface area contributed by atoms with Crippen molar-refractivity contribution >= 4 is 5.91 Å². The van der Waals surface area contributed by atoms with Crippen molar-refractivity contribution in [3.05, 3.63) is 102 Å². The molecule has 120 valence electrons. The van der Waals surface area contributed by atoms with Crippen molar-refractivity contribution in [2.24, 2.45) is 0 Å². The fourth-order valence-corrected chi connectivity index (χ4v) is 2.71. The molecule has 1 heterocycles. The molecule has 3 nitrogen and oxygen atoms in total. The van der Waals surface area contributed by atoms with Crippen molar-refractivity contribution in [3.63, 3.8) is 0 Å². The van der Waals surface area contributed by atoms with Crippen LogP contribution in [-0.2, 0) is 0 Å². The quantitative estimate of drug-likeness (QED) is 0.725. The number of amides is 1. The molecule has 3 rings (SSSR count). The zero-order chi connectivity index (χ0) is 16.9. The molecule has 0 radical (unpaired) electrons. The van der Waals surface area contributed by atoms with Gasteiger partial charge in [0.15, 0.2) is 0 Å². The first kappa shape index (κ1) is 15.9. The second-order valence-electron chi connectivity index (χ2n) is 5.49. The van der Waals surface area contributed by atoms with Gasteiger partial charge in [0, 0.05) is 18.8 Å². The van der Waals surface area contributed by atoms with Gasteiger partial charge in [-0.3, -0.25) is 9.78 Å². The summed E-state index contributed by atoms with van der Waals surface area (Å²) in [6.07, 6.45) is 1.67. The van der Waals surface area contributed by atoms with Crippen molar-refractivity contribution in [2.75, 3.05) is 7.05 Å². The van der Waals surface area contributed by atoms with E-state index in [0.717, 1.165) is 0 Å². The van der Waals surface area contributed by atoms with Gasteiger partial charge in [0.05, 0.1) is 11.7 Å². The molecule has 2 aromatic carbocycles. The number of hydrogen-bond acceptors (Lipinski definition) is 2. The zero-order valence-corrected chi connectivity index (χ0v) is 13.3. The van der Waals surface area contributed by atoms with Gasteiger partial charge in [-0.1, -0.05) is 36.4 Å². The van der Waals surface area contributed by atoms with Crippen molar-refractivity contribution in [1.82, 2.24) is 9.88 Å². The van der Waals surface area contributed by atoms with E-state index in [0.29, 0.717) is 16.8 Å². The second kappa shape index (κ2) is 7.04. The Balaban J connectivity index is 2.03. The Morgan fingerprint density at radius 3 is 2.42 bits per heavy atom. The van der Waals surface area contributed by atoms with E-state index in [2.05, 4.69) is 4.98 Å². The van der Waals surface area contributed by atoms with Crippen LogP contribution in [-0.4, -0.2) is 22.8 Å². The molecule has 0 saturated carbocycles. The van der Waals surface area contributed by atoms with Crippen LogP contribution in [0.1, 0.15) is 27.7 Å². The molecule has 1 atom stereocenters. The van der Waals surface area contributed by atoms with E-state index in [1.165, 1.54) is 12.1 Å². The molecule has 1 amide bonds. The minimum absolute atomic E-state index is 0.143. The number of benzene rings is 2. The average Bonchev–Trinajstić information content (AvgIpc) is 2.63. The number of carbonyl (C=O) groups excluding carboxylic acids is 1. The van der Waals surface area contributed by atoms with Crippen LogP contribution < -0.4 is 0 Å². The van der Waals surface area contributed by atoms with E-state index in [4.69, 9.17) is 0 Å². The SMILES string of the molecule is CN(C(=O)c1ccccc1)[C@@H](c1cccc(F)c1)c1ccccn1. The maximum Gasteiger partial charge on any atom is 0.254 e. The fourth-order valence-electron chi connectivity index (χ4n) is 2.71. The number of hydrogen-bond donors (Lipinski definition) is 0. The molecule has 3 aromatic rings. The summed E-state index contributed by atoms with van der Waals surface area (Å²) in [7, 11) is 1.71. The number of pyridine rings is 1. The lowest BCUT2D eigenvalue weighted by molar-refractivity contribution is 0.0752. The number of nitrogens with zero attached hydrogens (tertiary/aromatic N) is 2. The molecule has 0 aliphatic rings. The normalized spacial score (nSPS) is 11.8. The lowest BCUT2D eigenvalue weighted by Crippen LogP contribution is -2.32. The van der Waals surface area contributed by atoms with Gasteiger partial charge in [0.2, 0.25) is 0 Å². The van der Waals surface area contributed by atoms with Crippen molar-refractivity contribution < 1.29 is 9.18 Å². The topological polar surface area (TPSA) is 33.2 Å². The lowest BCUT2D eigenvalue weighted by atomic mass is 10.0. The molecule has 0 N–H and O–H groups in total. The van der Waals surface area contributed by atoms with E-state index in [1.54, 1.807) is 42.4 Å². The van der Waals surface area contributed by atoms with E-state index < -0.39 is 6.04 Å². The number of aromatic nitrogens is 1. The predicted octanol–water partition coefficient (Wildman–Crippen LogP) is 4.08. The van der Waals surface area contributed by atoms with E-state index in [1.807, 2.05) is 36.4 Å². The largest absolute Gasteiger partial charge is 0.329 e. The first-order chi connectivity index (χ1) is 11.7. The average molecular weight is 320 g/mol. The summed E-state index contributed by atoms with van der Waals surface area (Å²) in [5.74, 6) is -0.482. The molecule has 0 fully saturated rings. The molecule has 4 heteroatoms. The monoisotopic (exact) mass is 320 g/mol. The first-order valence-corrected chi connectivity index (χ1v) is 7.65. The highest BCUT2D eigenvalue weighted by molar-refractivity contribution is 5.94. The van der Waals surface area contributed by atoms with E-state index >= 15 is 0 Å². The van der Waals surface area contributed by atoms with Crippen LogP contribution in [0.3, 0.4) is 0 Å². The van der Waals surface area contributed by atoms with Crippen LogP contribution >= 0.6 is 0 Å². The van der Waals surface area contributed by atoms with Crippen LogP contribution in [0.25, 0.3) is 0 Å². The molecule has 0 aliphatic heterocycles. The highest BCUT2D eigenvalue weighted by atomic mass is 19.1. The summed E-state index contributed by atoms with van der Waals surface area (Å²) in [5, 5.41) is 0. The van der Waals surface area contributed by atoms with Crippen LogP contribution in [0.15, 0.2) is 79.0 Å². The molecular formula is C20H17FN2O. The third-order valence-electron chi connectivity index (χ3n) is 3.86. The lowest BCUT2D eigenvalue weighted by Gasteiger charge is -2.28. The summed E-state index contributed by atoms with van der Waals surface area (Å²) >= 11 is 0. The summed E-state index contributed by atoms with van der Waals surface area (Å²) in [4.78, 5) is 18.8. The zero-order valence-electron chi connectivity index (χ0n) is 13.3. The maximum atomic E-state index is 13.7. The maximum absolute atomic E-state index is 13.7. The van der Waals surface area contributed by atoms with Crippen molar-refractivity contribution in [1.29, 1.82) is 0 Å². The molecule has 0 unspecified atom stereocenters. The van der Waals surface area contributed by atoms with Crippen LogP contribution in [0.5, 0.6) is 0 Å². The molecule has 1 aromatic heterocycles. The smallest absolute Gasteiger partial charge is 0.254 e. The predicted molar refractivity (Wildman–Crippen MR) is 91.0 cm³/mol. The van der Waals surface area contributed by atoms with Gasteiger partial charge in [0.25, 0.3) is 5.91 Å². The molecule has 24 heavy (non-hydrogen) atoms. The molecule has 0 aliphatic carbocycles. The Kier molecular flexibility index (Phi) is 4.66. The van der Waals surface area contributed by atoms with E-state index in [-0.39, 0.29) is 11.7 Å². The molecular weight excluding hydrogens is 303 g/mol. The highest BCUT2D eigenvalue weighted by Gasteiger charge is 2.25. The first-order valence-electron chi connectivity index (χ1n) is 7.65. The second-order valence-corrected chi connectivity index (χ2v) is 5.49. The Bertz CT molecular complexity index is 821. The summed E-state index contributed by atoms with van der Waals surface area (Å²) < 4.78 is 13.7. The Morgan fingerprint density at radius 2 is 1.75 bits per heavy atom. The molecule has 0 saturated heterocycles. The number of rotatable bonds is 4. The molecule has 0 bridgehead atoms. The van der Waals surface area contributed by atoms with Gasteiger partial charge in [-0.05, 0) is 42.0 Å². The van der Waals surface area contributed by atoms with Gasteiger partial charge < -0.3 is 4.90 Å². The minimum Gasteiger partial charge on any atom is -0.329 e. The standard InChI is InChI=1S/C20H17FN2O/c1-23(20(24)15-8-3-2-4-9-15)19(18-12-5-6-13-22-18)16-10-7-11-17(21)14-16/h2-14,19H,1H3/t19-/m0/s1. The third kappa shape index (κ3) is 3.33. The summed E-state index contributed by atoms with van der Waals surface area (Å²) in [5.41, 5.74) is 1.95. The van der Waals surface area contributed by atoms with E-state index in [9.17, 15) is 9.18 Å². The summed E-state index contributed by atoms with van der Waals surface area (Å²) in [6.45, 7) is 0. The Morgan fingerprint density at radius 1 is 1.00 bits per heavy atom. The van der Waals surface area contributed by atoms with Gasteiger partial charge >= 0.3 is 0 Å². The van der Waals surface area contributed by atoms with Gasteiger partial charge in [-0.15, -0.1) is 0 Å². The van der Waals surface area contributed by atoms with Crippen molar-refractivity contribution in [2.45, 2.75) is 6.04 Å². The summed E-state index contributed by atoms with van der Waals surface area (Å²) in [6, 6.07) is 20.3. The fraction of sp³-hybridized carbons (Fsp3) is 0.100. The third-order valence-corrected chi connectivity index (χ3v) is 3.86. The van der Waals surface area contributed by atoms with Crippen LogP contribution in [0, 0.1) is 5.82 Å². The Hall–Kier alpha value is -3.01. The number of carbonyl (C=O) groups is 1. The van der Waals surface area contributed by atoms with Crippen LogP contribution in [0.4, 0.5) is 4.39 Å². The van der Waals surface area contributed by atoms with Crippen LogP contribution in [0.2, 0.25) is 0 Å². The molecule has 0 spiro atoms. The Labute approximate surface area is 140 Å². The van der Waals surface area contributed by atoms with Gasteiger partial charge in [-0.2, -0.15) is 0 Å². The van der Waals surface area contributed by atoms with Crippen molar-refractivity contribution in [3.8, 4) is 0 Å². The highest BCUT2D eigenvalue weighted by Crippen LogP contribution is 2.27. The van der Waals surface area contributed by atoms with Gasteiger partial charge in [0.1, 0.15) is 5.82 Å². The van der Waals surface area contributed by atoms with Gasteiger partial charge in [-0.25, -0.2) is 4.39 Å². The number of halogens is 1. The minimum atomic E-state index is -0.463.